The number of halogens is 2. The number of hydrogen-bond acceptors (Lipinski definition) is 5. The first-order chi connectivity index (χ1) is 13.4. The van der Waals surface area contributed by atoms with E-state index >= 15 is 0 Å². The molecule has 0 bridgehead atoms. The van der Waals surface area contributed by atoms with Gasteiger partial charge in [-0.05, 0) is 24.3 Å². The van der Waals surface area contributed by atoms with Crippen LogP contribution in [0.15, 0.2) is 52.3 Å². The van der Waals surface area contributed by atoms with Crippen LogP contribution in [-0.2, 0) is 0 Å². The van der Waals surface area contributed by atoms with E-state index in [1.54, 1.807) is 24.3 Å². The minimum atomic E-state index is -1.37. The van der Waals surface area contributed by atoms with Crippen molar-refractivity contribution in [1.82, 2.24) is 4.98 Å². The highest BCUT2D eigenvalue weighted by molar-refractivity contribution is 7.15. The van der Waals surface area contributed by atoms with E-state index in [9.17, 15) is 23.5 Å². The summed E-state index contributed by atoms with van der Waals surface area (Å²) < 4.78 is 32.6. The van der Waals surface area contributed by atoms with Crippen molar-refractivity contribution >= 4 is 39.3 Å². The minimum Gasteiger partial charge on any atom is -0.478 e. The molecule has 0 radical (unpaired) electrons. The Labute approximate surface area is 160 Å². The van der Waals surface area contributed by atoms with E-state index in [2.05, 4.69) is 10.3 Å². The lowest BCUT2D eigenvalue weighted by molar-refractivity contribution is 0.0699. The molecule has 4 rings (SSSR count). The molecule has 9 heteroatoms. The van der Waals surface area contributed by atoms with Crippen LogP contribution in [0.4, 0.5) is 13.8 Å². The van der Waals surface area contributed by atoms with Crippen LogP contribution in [-0.4, -0.2) is 22.0 Å². The average Bonchev–Trinajstić information content (AvgIpc) is 3.26. The molecule has 0 aliphatic heterocycles. The molecule has 0 aliphatic rings. The number of nitrogens with zero attached hydrogens (tertiary/aromatic N) is 1. The fourth-order valence-electron chi connectivity index (χ4n) is 2.69. The Hall–Kier alpha value is -3.59. The number of carbonyl (C=O) groups is 2. The van der Waals surface area contributed by atoms with Gasteiger partial charge < -0.3 is 14.8 Å². The van der Waals surface area contributed by atoms with E-state index < -0.39 is 23.5 Å². The van der Waals surface area contributed by atoms with E-state index in [1.807, 2.05) is 0 Å². The second-order valence-electron chi connectivity index (χ2n) is 5.72. The summed E-state index contributed by atoms with van der Waals surface area (Å²) in [4.78, 5) is 28.2. The predicted octanol–water partition coefficient (Wildman–Crippen LogP) is 4.79. The van der Waals surface area contributed by atoms with E-state index in [0.29, 0.717) is 17.2 Å². The molecule has 2 N–H and O–H groups in total. The molecule has 2 aromatic carbocycles. The number of aromatic carboxylic acids is 1. The van der Waals surface area contributed by atoms with Crippen molar-refractivity contribution in [1.29, 1.82) is 0 Å². The van der Waals surface area contributed by atoms with Crippen LogP contribution in [0.25, 0.3) is 22.2 Å². The lowest BCUT2D eigenvalue weighted by Crippen LogP contribution is -2.14. The number of fused-ring (bicyclic) bond motifs is 1. The standard InChI is InChI=1S/C19H10F2N2O4S/c20-9-5-6-10(12(21)7-9)11-8-28-18(15(11)19(25)26)23-16(24)17-22-13-3-1-2-4-14(13)27-17/h1-8H,(H,23,24)(H,25,26). The molecule has 0 spiro atoms. The molecule has 0 aliphatic carbocycles. The van der Waals surface area contributed by atoms with Crippen LogP contribution in [0, 0.1) is 11.6 Å². The molecule has 28 heavy (non-hydrogen) atoms. The number of amides is 1. The lowest BCUT2D eigenvalue weighted by atomic mass is 10.0. The van der Waals surface area contributed by atoms with Gasteiger partial charge in [0.25, 0.3) is 5.89 Å². The average molecular weight is 400 g/mol. The molecule has 0 saturated carbocycles. The second kappa shape index (κ2) is 6.86. The summed E-state index contributed by atoms with van der Waals surface area (Å²) in [6.07, 6.45) is 0. The van der Waals surface area contributed by atoms with Crippen LogP contribution in [0.5, 0.6) is 0 Å². The third-order valence-electron chi connectivity index (χ3n) is 3.94. The minimum absolute atomic E-state index is 0.0153. The van der Waals surface area contributed by atoms with Gasteiger partial charge in [0.2, 0.25) is 0 Å². The number of anilines is 1. The highest BCUT2D eigenvalue weighted by Gasteiger charge is 2.24. The first-order valence-corrected chi connectivity index (χ1v) is 8.79. The topological polar surface area (TPSA) is 92.4 Å². The van der Waals surface area contributed by atoms with Gasteiger partial charge in [0.05, 0.1) is 0 Å². The van der Waals surface area contributed by atoms with E-state index in [1.165, 1.54) is 5.38 Å². The van der Waals surface area contributed by atoms with Gasteiger partial charge in [0.15, 0.2) is 5.58 Å². The van der Waals surface area contributed by atoms with Gasteiger partial charge in [-0.3, -0.25) is 4.79 Å². The number of thiophene rings is 1. The molecular formula is C19H10F2N2O4S. The van der Waals surface area contributed by atoms with Gasteiger partial charge in [-0.25, -0.2) is 18.6 Å². The molecule has 4 aromatic rings. The Kier molecular flexibility index (Phi) is 4.36. The maximum absolute atomic E-state index is 14.1. The molecule has 0 fully saturated rings. The SMILES string of the molecule is O=C(Nc1scc(-c2ccc(F)cc2F)c1C(=O)O)c1nc2ccccc2o1. The number of oxazole rings is 1. The highest BCUT2D eigenvalue weighted by Crippen LogP contribution is 2.37. The summed E-state index contributed by atoms with van der Waals surface area (Å²) in [6.45, 7) is 0. The quantitative estimate of drug-likeness (QED) is 0.514. The Morgan fingerprint density at radius 2 is 1.89 bits per heavy atom. The monoisotopic (exact) mass is 400 g/mol. The number of carboxylic acid groups (broad SMARTS) is 1. The van der Waals surface area contributed by atoms with Crippen molar-refractivity contribution in [2.45, 2.75) is 0 Å². The number of carbonyl (C=O) groups excluding carboxylic acids is 1. The zero-order valence-electron chi connectivity index (χ0n) is 13.9. The lowest BCUT2D eigenvalue weighted by Gasteiger charge is -2.05. The number of para-hydroxylation sites is 2. The number of benzene rings is 2. The summed E-state index contributed by atoms with van der Waals surface area (Å²) >= 11 is 0.899. The summed E-state index contributed by atoms with van der Waals surface area (Å²) in [7, 11) is 0. The van der Waals surface area contributed by atoms with Gasteiger partial charge >= 0.3 is 11.9 Å². The van der Waals surface area contributed by atoms with Gasteiger partial charge in [-0.2, -0.15) is 0 Å². The molecule has 0 unspecified atom stereocenters. The van der Waals surface area contributed by atoms with Crippen LogP contribution in [0.1, 0.15) is 21.0 Å². The number of hydrogen-bond donors (Lipinski definition) is 2. The van der Waals surface area contributed by atoms with Crippen molar-refractivity contribution in [3.63, 3.8) is 0 Å². The fourth-order valence-corrected chi connectivity index (χ4v) is 3.64. The molecule has 140 valence electrons. The van der Waals surface area contributed by atoms with Gasteiger partial charge in [0.1, 0.15) is 27.7 Å². The second-order valence-corrected chi connectivity index (χ2v) is 6.60. The van der Waals surface area contributed by atoms with E-state index in [0.717, 1.165) is 23.5 Å². The van der Waals surface area contributed by atoms with Crippen molar-refractivity contribution in [2.75, 3.05) is 5.32 Å². The van der Waals surface area contributed by atoms with Gasteiger partial charge in [-0.1, -0.05) is 12.1 Å². The molecule has 2 aromatic heterocycles. The molecule has 6 nitrogen and oxygen atoms in total. The molecule has 0 saturated heterocycles. The maximum atomic E-state index is 14.1. The maximum Gasteiger partial charge on any atom is 0.339 e. The van der Waals surface area contributed by atoms with Gasteiger partial charge in [-0.15, -0.1) is 11.3 Å². The Bertz CT molecular complexity index is 1200. The summed E-state index contributed by atoms with van der Waals surface area (Å²) in [5.74, 6) is -4.03. The molecule has 0 atom stereocenters. The van der Waals surface area contributed by atoms with Crippen LogP contribution in [0.3, 0.4) is 0 Å². The number of carboxylic acids is 1. The van der Waals surface area contributed by atoms with E-state index in [-0.39, 0.29) is 27.6 Å². The fraction of sp³-hybridized carbons (Fsp3) is 0. The third-order valence-corrected chi connectivity index (χ3v) is 4.84. The first-order valence-electron chi connectivity index (χ1n) is 7.91. The summed E-state index contributed by atoms with van der Waals surface area (Å²) in [6, 6.07) is 9.60. The summed E-state index contributed by atoms with van der Waals surface area (Å²) in [5, 5.41) is 13.4. The Balaban J connectivity index is 1.71. The van der Waals surface area contributed by atoms with Crippen molar-refractivity contribution in [3.8, 4) is 11.1 Å². The normalized spacial score (nSPS) is 10.9. The van der Waals surface area contributed by atoms with Crippen molar-refractivity contribution in [2.24, 2.45) is 0 Å². The predicted molar refractivity (Wildman–Crippen MR) is 98.6 cm³/mol. The number of aromatic nitrogens is 1. The number of rotatable bonds is 4. The largest absolute Gasteiger partial charge is 0.478 e. The first kappa shape index (κ1) is 17.8. The Morgan fingerprint density at radius 1 is 1.11 bits per heavy atom. The van der Waals surface area contributed by atoms with E-state index in [4.69, 9.17) is 4.42 Å². The highest BCUT2D eigenvalue weighted by atomic mass is 32.1. The van der Waals surface area contributed by atoms with Crippen molar-refractivity contribution < 1.29 is 27.9 Å². The number of nitrogens with one attached hydrogen (secondary N) is 1. The zero-order chi connectivity index (χ0) is 19.8. The molecule has 2 heterocycles. The Morgan fingerprint density at radius 3 is 2.61 bits per heavy atom. The van der Waals surface area contributed by atoms with Gasteiger partial charge in [0, 0.05) is 22.6 Å². The third kappa shape index (κ3) is 3.12. The zero-order valence-corrected chi connectivity index (χ0v) is 14.7. The van der Waals surface area contributed by atoms with Crippen LogP contribution in [0.2, 0.25) is 0 Å². The summed E-state index contributed by atoms with van der Waals surface area (Å²) in [5.41, 5.74) is 0.526. The van der Waals surface area contributed by atoms with Crippen LogP contribution < -0.4 is 5.32 Å². The molecule has 1 amide bonds. The van der Waals surface area contributed by atoms with Crippen LogP contribution >= 0.6 is 11.3 Å². The van der Waals surface area contributed by atoms with Crippen molar-refractivity contribution in [3.05, 3.63) is 70.9 Å². The smallest absolute Gasteiger partial charge is 0.339 e. The molecular weight excluding hydrogens is 390 g/mol.